The second-order valence-electron chi connectivity index (χ2n) is 3.69. The molecule has 6 nitrogen and oxygen atoms in total. The lowest BCUT2D eigenvalue weighted by molar-refractivity contribution is 0.0680. The van der Waals surface area contributed by atoms with Crippen LogP contribution >= 0.6 is 0 Å². The fourth-order valence-corrected chi connectivity index (χ4v) is 1.53. The Bertz CT molecular complexity index is 383. The van der Waals surface area contributed by atoms with Gasteiger partial charge in [-0.1, -0.05) is 0 Å². The van der Waals surface area contributed by atoms with Crippen molar-refractivity contribution in [2.75, 3.05) is 32.2 Å². The van der Waals surface area contributed by atoms with Gasteiger partial charge >= 0.3 is 5.97 Å². The number of aliphatic hydroxyl groups is 1. The fraction of sp³-hybridized carbons (Fsp3) is 0.455. The number of carbonyl (C=O) groups is 1. The molecule has 0 bridgehead atoms. The van der Waals surface area contributed by atoms with E-state index in [1.54, 1.807) is 11.9 Å². The van der Waals surface area contributed by atoms with Gasteiger partial charge in [0.25, 0.3) is 0 Å². The van der Waals surface area contributed by atoms with E-state index in [4.69, 9.17) is 9.84 Å². The zero-order valence-corrected chi connectivity index (χ0v) is 9.83. The highest BCUT2D eigenvalue weighted by atomic mass is 16.5. The van der Waals surface area contributed by atoms with E-state index in [1.165, 1.54) is 25.6 Å². The molecule has 6 heteroatoms. The molecule has 0 saturated heterocycles. The minimum absolute atomic E-state index is 0.159. The van der Waals surface area contributed by atoms with Crippen molar-refractivity contribution >= 4 is 11.7 Å². The van der Waals surface area contributed by atoms with Gasteiger partial charge in [0.05, 0.1) is 30.2 Å². The summed E-state index contributed by atoms with van der Waals surface area (Å²) in [5.41, 5.74) is 0.627. The summed E-state index contributed by atoms with van der Waals surface area (Å²) in [6, 6.07) is 1.43. The van der Waals surface area contributed by atoms with Gasteiger partial charge < -0.3 is 19.8 Å². The van der Waals surface area contributed by atoms with Gasteiger partial charge in [-0.15, -0.1) is 0 Å². The molecule has 1 heterocycles. The topological polar surface area (TPSA) is 82.9 Å². The average molecular weight is 240 g/mol. The van der Waals surface area contributed by atoms with Crippen LogP contribution in [0.25, 0.3) is 0 Å². The van der Waals surface area contributed by atoms with Crippen molar-refractivity contribution < 1.29 is 19.7 Å². The van der Waals surface area contributed by atoms with E-state index in [0.29, 0.717) is 5.69 Å². The standard InChI is InChI=1S/C11H16N2O4/c1-13(6-8(14)7-17-2)10-5-12-4-3-9(10)11(15)16/h3-5,8,14H,6-7H2,1-2H3,(H,15,16). The Hall–Kier alpha value is -1.66. The molecule has 0 aliphatic heterocycles. The molecule has 0 aromatic carbocycles. The van der Waals surface area contributed by atoms with Crippen LogP contribution in [0.5, 0.6) is 0 Å². The maximum atomic E-state index is 11.0. The van der Waals surface area contributed by atoms with E-state index in [2.05, 4.69) is 4.98 Å². The van der Waals surface area contributed by atoms with E-state index in [-0.39, 0.29) is 18.7 Å². The summed E-state index contributed by atoms with van der Waals surface area (Å²) < 4.78 is 4.81. The fourth-order valence-electron chi connectivity index (χ4n) is 1.53. The first-order chi connectivity index (χ1) is 8.06. The van der Waals surface area contributed by atoms with Gasteiger partial charge in [0, 0.05) is 26.9 Å². The van der Waals surface area contributed by atoms with Gasteiger partial charge in [-0.05, 0) is 6.07 Å². The number of hydrogen-bond acceptors (Lipinski definition) is 5. The SMILES string of the molecule is COCC(O)CN(C)c1cnccc1C(=O)O. The van der Waals surface area contributed by atoms with Crippen molar-refractivity contribution in [2.45, 2.75) is 6.10 Å². The van der Waals surface area contributed by atoms with Gasteiger partial charge in [0.1, 0.15) is 0 Å². The Labute approximate surface area is 99.5 Å². The molecule has 2 N–H and O–H groups in total. The number of carboxylic acid groups (broad SMARTS) is 1. The number of anilines is 1. The van der Waals surface area contributed by atoms with E-state index in [9.17, 15) is 9.90 Å². The van der Waals surface area contributed by atoms with Crippen molar-refractivity contribution in [3.63, 3.8) is 0 Å². The molecule has 1 atom stereocenters. The lowest BCUT2D eigenvalue weighted by atomic mass is 10.2. The largest absolute Gasteiger partial charge is 0.478 e. The number of aliphatic hydroxyl groups excluding tert-OH is 1. The second kappa shape index (κ2) is 6.17. The Morgan fingerprint density at radius 1 is 1.65 bits per heavy atom. The van der Waals surface area contributed by atoms with Crippen LogP contribution in [0.15, 0.2) is 18.5 Å². The Morgan fingerprint density at radius 2 is 2.35 bits per heavy atom. The summed E-state index contributed by atoms with van der Waals surface area (Å²) in [5.74, 6) is -1.02. The van der Waals surface area contributed by atoms with Crippen LogP contribution in [0.2, 0.25) is 0 Å². The summed E-state index contributed by atoms with van der Waals surface area (Å²) in [4.78, 5) is 16.5. The van der Waals surface area contributed by atoms with Crippen LogP contribution in [0.3, 0.4) is 0 Å². The first-order valence-corrected chi connectivity index (χ1v) is 5.11. The predicted molar refractivity (Wildman–Crippen MR) is 62.3 cm³/mol. The summed E-state index contributed by atoms with van der Waals surface area (Å²) in [5, 5.41) is 18.6. The number of aromatic carboxylic acids is 1. The van der Waals surface area contributed by atoms with Crippen LogP contribution in [0.4, 0.5) is 5.69 Å². The number of carboxylic acids is 1. The zero-order valence-electron chi connectivity index (χ0n) is 9.83. The van der Waals surface area contributed by atoms with Crippen molar-refractivity contribution in [1.29, 1.82) is 0 Å². The van der Waals surface area contributed by atoms with Gasteiger partial charge in [0.2, 0.25) is 0 Å². The molecule has 1 rings (SSSR count). The summed E-state index contributed by atoms with van der Waals surface area (Å²) >= 11 is 0. The number of rotatable bonds is 6. The Kier molecular flexibility index (Phi) is 4.86. The number of ether oxygens (including phenoxy) is 1. The highest BCUT2D eigenvalue weighted by molar-refractivity contribution is 5.94. The third kappa shape index (κ3) is 3.69. The van der Waals surface area contributed by atoms with Gasteiger partial charge in [-0.3, -0.25) is 4.98 Å². The summed E-state index contributed by atoms with van der Waals surface area (Å²) in [6.45, 7) is 0.479. The molecule has 0 amide bonds. The van der Waals surface area contributed by atoms with E-state index in [0.717, 1.165) is 0 Å². The molecule has 1 aromatic rings. The minimum atomic E-state index is -1.02. The van der Waals surface area contributed by atoms with Gasteiger partial charge in [-0.2, -0.15) is 0 Å². The highest BCUT2D eigenvalue weighted by Gasteiger charge is 2.15. The zero-order chi connectivity index (χ0) is 12.8. The Morgan fingerprint density at radius 3 is 2.94 bits per heavy atom. The molecular weight excluding hydrogens is 224 g/mol. The lowest BCUT2D eigenvalue weighted by Crippen LogP contribution is -2.32. The number of aromatic nitrogens is 1. The molecule has 0 radical (unpaired) electrons. The van der Waals surface area contributed by atoms with E-state index in [1.807, 2.05) is 0 Å². The second-order valence-corrected chi connectivity index (χ2v) is 3.69. The highest BCUT2D eigenvalue weighted by Crippen LogP contribution is 2.17. The van der Waals surface area contributed by atoms with Crippen LogP contribution in [-0.4, -0.2) is 54.6 Å². The van der Waals surface area contributed by atoms with Crippen LogP contribution in [0.1, 0.15) is 10.4 Å². The molecule has 0 aliphatic rings. The molecule has 0 fully saturated rings. The number of pyridine rings is 1. The molecule has 1 aromatic heterocycles. The van der Waals surface area contributed by atoms with Crippen molar-refractivity contribution in [3.05, 3.63) is 24.0 Å². The number of methoxy groups -OCH3 is 1. The number of likely N-dealkylation sites (N-methyl/N-ethyl adjacent to an activating group) is 1. The van der Waals surface area contributed by atoms with Gasteiger partial charge in [0.15, 0.2) is 0 Å². The molecule has 94 valence electrons. The van der Waals surface area contributed by atoms with Gasteiger partial charge in [-0.25, -0.2) is 4.79 Å². The number of hydrogen-bond donors (Lipinski definition) is 2. The van der Waals surface area contributed by atoms with Crippen molar-refractivity contribution in [1.82, 2.24) is 4.98 Å². The Balaban J connectivity index is 2.81. The lowest BCUT2D eigenvalue weighted by Gasteiger charge is -2.23. The van der Waals surface area contributed by atoms with Crippen LogP contribution in [0, 0.1) is 0 Å². The van der Waals surface area contributed by atoms with E-state index < -0.39 is 12.1 Å². The van der Waals surface area contributed by atoms with Crippen molar-refractivity contribution in [2.24, 2.45) is 0 Å². The molecule has 0 saturated carbocycles. The minimum Gasteiger partial charge on any atom is -0.478 e. The summed E-state index contributed by atoms with van der Waals surface area (Å²) in [6.07, 6.45) is 2.21. The maximum Gasteiger partial charge on any atom is 0.337 e. The molecule has 1 unspecified atom stereocenters. The molecular formula is C11H16N2O4. The molecule has 0 aliphatic carbocycles. The number of nitrogens with zero attached hydrogens (tertiary/aromatic N) is 2. The van der Waals surface area contributed by atoms with Crippen LogP contribution in [-0.2, 0) is 4.74 Å². The third-order valence-corrected chi connectivity index (χ3v) is 2.29. The van der Waals surface area contributed by atoms with Crippen molar-refractivity contribution in [3.8, 4) is 0 Å². The average Bonchev–Trinajstić information content (AvgIpc) is 2.29. The molecule has 0 spiro atoms. The predicted octanol–water partition coefficient (Wildman–Crippen LogP) is 0.223. The first kappa shape index (κ1) is 13.4. The normalized spacial score (nSPS) is 12.2. The van der Waals surface area contributed by atoms with Crippen LogP contribution < -0.4 is 4.90 Å². The third-order valence-electron chi connectivity index (χ3n) is 2.29. The van der Waals surface area contributed by atoms with E-state index >= 15 is 0 Å². The first-order valence-electron chi connectivity index (χ1n) is 5.11. The summed E-state index contributed by atoms with van der Waals surface area (Å²) in [7, 11) is 3.19. The monoisotopic (exact) mass is 240 g/mol. The quantitative estimate of drug-likeness (QED) is 0.740. The molecule has 17 heavy (non-hydrogen) atoms. The maximum absolute atomic E-state index is 11.0. The smallest absolute Gasteiger partial charge is 0.337 e.